The van der Waals surface area contributed by atoms with Gasteiger partial charge < -0.3 is 9.80 Å². The molecular weight excluding hydrogens is 466 g/mol. The number of hydrogen-bond acceptors (Lipinski definition) is 3. The number of carbonyl (C=O) groups excluding carboxylic acids is 2. The van der Waals surface area contributed by atoms with Crippen molar-refractivity contribution in [1.82, 2.24) is 14.7 Å². The van der Waals surface area contributed by atoms with Gasteiger partial charge >= 0.3 is 0 Å². The van der Waals surface area contributed by atoms with E-state index in [0.29, 0.717) is 17.8 Å². The zero-order valence-electron chi connectivity index (χ0n) is 19.6. The molecule has 3 aliphatic carbocycles. The molecule has 1 saturated heterocycles. The Balaban J connectivity index is 1.28. The van der Waals surface area contributed by atoms with E-state index < -0.39 is 0 Å². The molecular formula is C26H36BrN3O2. The number of halogens is 1. The van der Waals surface area contributed by atoms with Gasteiger partial charge in [-0.3, -0.25) is 14.5 Å². The molecule has 0 spiro atoms. The van der Waals surface area contributed by atoms with Crippen molar-refractivity contribution in [2.45, 2.75) is 40.0 Å². The van der Waals surface area contributed by atoms with Crippen LogP contribution in [-0.4, -0.2) is 72.3 Å². The van der Waals surface area contributed by atoms with E-state index in [4.69, 9.17) is 0 Å². The van der Waals surface area contributed by atoms with Gasteiger partial charge in [-0.05, 0) is 54.4 Å². The number of allylic oxidation sites excluding steroid dienone is 1. The van der Waals surface area contributed by atoms with Crippen LogP contribution in [0.25, 0.3) is 0 Å². The molecule has 1 aromatic rings. The maximum Gasteiger partial charge on any atom is 0.253 e. The summed E-state index contributed by atoms with van der Waals surface area (Å²) in [6, 6.07) is 7.57. The van der Waals surface area contributed by atoms with Crippen molar-refractivity contribution in [3.05, 3.63) is 46.0 Å². The number of rotatable bonds is 7. The molecule has 32 heavy (non-hydrogen) atoms. The number of amides is 2. The number of fused-ring (bicyclic) bond motifs is 1. The fraction of sp³-hybridized carbons (Fsp3) is 0.615. The Morgan fingerprint density at radius 1 is 1.12 bits per heavy atom. The van der Waals surface area contributed by atoms with E-state index in [1.165, 1.54) is 18.4 Å². The molecule has 2 amide bonds. The molecule has 0 N–H and O–H groups in total. The molecule has 6 heteroatoms. The van der Waals surface area contributed by atoms with Gasteiger partial charge in [0, 0.05) is 62.3 Å². The average molecular weight is 502 g/mol. The topological polar surface area (TPSA) is 43.9 Å². The van der Waals surface area contributed by atoms with Gasteiger partial charge in [0.05, 0.1) is 0 Å². The van der Waals surface area contributed by atoms with Crippen LogP contribution in [0.1, 0.15) is 50.4 Å². The Hall–Kier alpha value is -1.66. The largest absolute Gasteiger partial charge is 0.337 e. The Kier molecular flexibility index (Phi) is 7.11. The van der Waals surface area contributed by atoms with Gasteiger partial charge in [0.25, 0.3) is 5.91 Å². The molecule has 2 fully saturated rings. The summed E-state index contributed by atoms with van der Waals surface area (Å²) in [5.41, 5.74) is 2.61. The van der Waals surface area contributed by atoms with Gasteiger partial charge in [0.1, 0.15) is 0 Å². The van der Waals surface area contributed by atoms with E-state index in [-0.39, 0.29) is 11.8 Å². The van der Waals surface area contributed by atoms with Crippen LogP contribution < -0.4 is 0 Å². The molecule has 2 unspecified atom stereocenters. The lowest BCUT2D eigenvalue weighted by molar-refractivity contribution is -0.131. The quantitative estimate of drug-likeness (QED) is 0.518. The molecule has 1 saturated carbocycles. The Labute approximate surface area is 200 Å². The van der Waals surface area contributed by atoms with E-state index >= 15 is 0 Å². The van der Waals surface area contributed by atoms with Crippen LogP contribution in [0, 0.1) is 17.3 Å². The van der Waals surface area contributed by atoms with Gasteiger partial charge in [-0.25, -0.2) is 0 Å². The summed E-state index contributed by atoms with van der Waals surface area (Å²) in [7, 11) is 0. The van der Waals surface area contributed by atoms with Crippen molar-refractivity contribution >= 4 is 27.7 Å². The first kappa shape index (κ1) is 23.5. The van der Waals surface area contributed by atoms with Crippen molar-refractivity contribution in [1.29, 1.82) is 0 Å². The van der Waals surface area contributed by atoms with Gasteiger partial charge in [-0.2, -0.15) is 0 Å². The van der Waals surface area contributed by atoms with Crippen molar-refractivity contribution in [3.63, 3.8) is 0 Å². The summed E-state index contributed by atoms with van der Waals surface area (Å²) in [4.78, 5) is 31.8. The molecule has 4 aliphatic rings. The fourth-order valence-corrected chi connectivity index (χ4v) is 5.87. The number of hydrogen-bond donors (Lipinski definition) is 0. The van der Waals surface area contributed by atoms with E-state index in [0.717, 1.165) is 61.8 Å². The van der Waals surface area contributed by atoms with Crippen molar-refractivity contribution in [2.24, 2.45) is 17.3 Å². The highest BCUT2D eigenvalue weighted by Gasteiger charge is 2.51. The van der Waals surface area contributed by atoms with Gasteiger partial charge in [-0.15, -0.1) is 0 Å². The van der Waals surface area contributed by atoms with Crippen molar-refractivity contribution in [2.75, 3.05) is 45.8 Å². The first-order valence-corrected chi connectivity index (χ1v) is 12.8. The van der Waals surface area contributed by atoms with E-state index in [1.807, 2.05) is 36.1 Å². The lowest BCUT2D eigenvalue weighted by atomic mass is 9.49. The van der Waals surface area contributed by atoms with Gasteiger partial charge in [0.15, 0.2) is 0 Å². The van der Waals surface area contributed by atoms with Crippen LogP contribution in [0.2, 0.25) is 0 Å². The third-order valence-electron chi connectivity index (χ3n) is 8.05. The molecule has 2 atom stereocenters. The monoisotopic (exact) mass is 501 g/mol. The summed E-state index contributed by atoms with van der Waals surface area (Å²) in [6.07, 6.45) is 5.43. The number of carbonyl (C=O) groups is 2. The second kappa shape index (κ2) is 9.68. The minimum Gasteiger partial charge on any atom is -0.337 e. The highest BCUT2D eigenvalue weighted by Crippen LogP contribution is 2.59. The Morgan fingerprint density at radius 3 is 2.41 bits per heavy atom. The molecule has 0 radical (unpaired) electrons. The molecule has 1 heterocycles. The highest BCUT2D eigenvalue weighted by molar-refractivity contribution is 9.10. The molecule has 174 valence electrons. The second-order valence-corrected chi connectivity index (χ2v) is 11.0. The minimum absolute atomic E-state index is 0.102. The summed E-state index contributed by atoms with van der Waals surface area (Å²) < 4.78 is 0.981. The molecule has 2 bridgehead atoms. The van der Waals surface area contributed by atoms with Crippen molar-refractivity contribution < 1.29 is 9.59 Å². The van der Waals surface area contributed by atoms with Crippen LogP contribution in [0.15, 0.2) is 40.4 Å². The summed E-state index contributed by atoms with van der Waals surface area (Å²) in [6.45, 7) is 12.3. The summed E-state index contributed by atoms with van der Waals surface area (Å²) >= 11 is 3.42. The second-order valence-electron chi connectivity index (χ2n) is 10.1. The number of nitrogens with zero attached hydrogens (tertiary/aromatic N) is 3. The standard InChI is InChI=1S/C26H36BrN3O2/c1-4-24(31)30(18-20-5-8-21-17-23(20)26(21,2)3)16-13-28-11-14-29(15-12-28)25(32)19-6-9-22(27)10-7-19/h5-7,9-10,21,23H,4,8,11-18H2,1-3H3. The van der Waals surface area contributed by atoms with E-state index in [9.17, 15) is 9.59 Å². The Bertz CT molecular complexity index is 872. The maximum absolute atomic E-state index is 12.8. The summed E-state index contributed by atoms with van der Waals surface area (Å²) in [5, 5.41) is 0. The zero-order valence-corrected chi connectivity index (χ0v) is 21.2. The molecule has 1 aliphatic heterocycles. The van der Waals surface area contributed by atoms with E-state index in [1.54, 1.807) is 0 Å². The third-order valence-corrected chi connectivity index (χ3v) is 8.58. The first-order valence-electron chi connectivity index (χ1n) is 12.0. The molecule has 1 aromatic carbocycles. The van der Waals surface area contributed by atoms with Crippen molar-refractivity contribution in [3.8, 4) is 0 Å². The SMILES string of the molecule is CCC(=O)N(CCN1CCN(C(=O)c2ccc(Br)cc2)CC1)CC1=CCC2CC1C2(C)C. The smallest absolute Gasteiger partial charge is 0.253 e. The predicted octanol–water partition coefficient (Wildman–Crippen LogP) is 4.44. The van der Waals surface area contributed by atoms with Crippen LogP contribution in [-0.2, 0) is 4.79 Å². The molecule has 0 aromatic heterocycles. The predicted molar refractivity (Wildman–Crippen MR) is 131 cm³/mol. The number of benzene rings is 1. The van der Waals surface area contributed by atoms with Gasteiger partial charge in [0.2, 0.25) is 5.91 Å². The summed E-state index contributed by atoms with van der Waals surface area (Å²) in [5.74, 6) is 1.81. The van der Waals surface area contributed by atoms with Crippen LogP contribution in [0.3, 0.4) is 0 Å². The van der Waals surface area contributed by atoms with Crippen LogP contribution in [0.4, 0.5) is 0 Å². The molecule has 5 rings (SSSR count). The third kappa shape index (κ3) is 4.81. The Morgan fingerprint density at radius 2 is 1.81 bits per heavy atom. The fourth-order valence-electron chi connectivity index (χ4n) is 5.60. The first-order chi connectivity index (χ1) is 15.3. The lowest BCUT2D eigenvalue weighted by Crippen LogP contribution is -2.52. The minimum atomic E-state index is 0.102. The zero-order chi connectivity index (χ0) is 22.9. The van der Waals surface area contributed by atoms with Crippen LogP contribution in [0.5, 0.6) is 0 Å². The van der Waals surface area contributed by atoms with Gasteiger partial charge in [-0.1, -0.05) is 48.4 Å². The lowest BCUT2D eigenvalue weighted by Gasteiger charge is -2.57. The maximum atomic E-state index is 12.8. The highest BCUT2D eigenvalue weighted by atomic mass is 79.9. The molecule has 5 nitrogen and oxygen atoms in total. The number of piperazine rings is 1. The van der Waals surface area contributed by atoms with E-state index in [2.05, 4.69) is 45.7 Å². The van der Waals surface area contributed by atoms with Crippen LogP contribution >= 0.6 is 15.9 Å². The normalized spacial score (nSPS) is 24.5. The average Bonchev–Trinajstić information content (AvgIpc) is 2.81.